The third kappa shape index (κ3) is 3.33. The van der Waals surface area contributed by atoms with Gasteiger partial charge in [0.15, 0.2) is 0 Å². The molecule has 4 nitrogen and oxygen atoms in total. The highest BCUT2D eigenvalue weighted by molar-refractivity contribution is 5.83. The number of rotatable bonds is 6. The van der Waals surface area contributed by atoms with Crippen LogP contribution in [0, 0.1) is 12.8 Å². The molecule has 1 heterocycles. The molecule has 1 aromatic carbocycles. The molecular weight excluding hydrogens is 252 g/mol. The van der Waals surface area contributed by atoms with Crippen LogP contribution in [-0.4, -0.2) is 22.6 Å². The van der Waals surface area contributed by atoms with Crippen LogP contribution in [0.25, 0.3) is 10.9 Å². The Kier molecular flexibility index (Phi) is 4.69. The summed E-state index contributed by atoms with van der Waals surface area (Å²) in [4.78, 5) is 15.9. The molecule has 2 aromatic rings. The highest BCUT2D eigenvalue weighted by Gasteiger charge is 2.19. The van der Waals surface area contributed by atoms with E-state index in [4.69, 9.17) is 5.73 Å². The van der Waals surface area contributed by atoms with E-state index in [-0.39, 0.29) is 5.92 Å². The number of aromatic nitrogens is 1. The number of aliphatic carboxylic acids is 1. The van der Waals surface area contributed by atoms with Gasteiger partial charge >= 0.3 is 5.97 Å². The van der Waals surface area contributed by atoms with E-state index in [9.17, 15) is 9.90 Å². The molecule has 106 valence electrons. The van der Waals surface area contributed by atoms with Crippen LogP contribution in [0.3, 0.4) is 0 Å². The standard InChI is InChI=1S/C16H20N2O2/c1-11-9-13(10-12(16(19)20)5-4-8-17)14-6-2-3-7-15(14)18-11/h2-3,6-7,9,12H,4-5,8,10,17H2,1H3,(H,19,20). The van der Waals surface area contributed by atoms with Crippen LogP contribution >= 0.6 is 0 Å². The van der Waals surface area contributed by atoms with Crippen LogP contribution in [0.2, 0.25) is 0 Å². The van der Waals surface area contributed by atoms with Crippen molar-refractivity contribution in [3.05, 3.63) is 41.6 Å². The Hall–Kier alpha value is -1.94. The Balaban J connectivity index is 2.33. The molecule has 0 aliphatic heterocycles. The predicted molar refractivity (Wildman–Crippen MR) is 79.6 cm³/mol. The summed E-state index contributed by atoms with van der Waals surface area (Å²) in [5.74, 6) is -1.14. The van der Waals surface area contributed by atoms with Gasteiger partial charge in [-0.15, -0.1) is 0 Å². The van der Waals surface area contributed by atoms with Crippen LogP contribution in [0.5, 0.6) is 0 Å². The van der Waals surface area contributed by atoms with Crippen molar-refractivity contribution < 1.29 is 9.90 Å². The Morgan fingerprint density at radius 3 is 2.85 bits per heavy atom. The lowest BCUT2D eigenvalue weighted by molar-refractivity contribution is -0.141. The van der Waals surface area contributed by atoms with Gasteiger partial charge in [0.2, 0.25) is 0 Å². The van der Waals surface area contributed by atoms with E-state index in [0.717, 1.165) is 28.6 Å². The first kappa shape index (κ1) is 14.5. The Morgan fingerprint density at radius 1 is 1.40 bits per heavy atom. The molecule has 4 heteroatoms. The second-order valence-electron chi connectivity index (χ2n) is 5.11. The third-order valence-electron chi connectivity index (χ3n) is 3.50. The van der Waals surface area contributed by atoms with Gasteiger partial charge in [-0.2, -0.15) is 0 Å². The third-order valence-corrected chi connectivity index (χ3v) is 3.50. The number of aryl methyl sites for hydroxylation is 1. The zero-order valence-corrected chi connectivity index (χ0v) is 11.7. The number of nitrogens with zero attached hydrogens (tertiary/aromatic N) is 1. The molecule has 2 rings (SSSR count). The van der Waals surface area contributed by atoms with Crippen molar-refractivity contribution in [2.75, 3.05) is 6.54 Å². The first-order chi connectivity index (χ1) is 9.61. The first-order valence-corrected chi connectivity index (χ1v) is 6.90. The average Bonchev–Trinajstić information content (AvgIpc) is 2.42. The number of carboxylic acids is 1. The summed E-state index contributed by atoms with van der Waals surface area (Å²) in [7, 11) is 0. The maximum Gasteiger partial charge on any atom is 0.306 e. The molecule has 1 atom stereocenters. The number of nitrogens with two attached hydrogens (primary N) is 1. The summed E-state index contributed by atoms with van der Waals surface area (Å²) < 4.78 is 0. The molecule has 0 aliphatic carbocycles. The molecule has 0 radical (unpaired) electrons. The van der Waals surface area contributed by atoms with Crippen molar-refractivity contribution in [3.8, 4) is 0 Å². The van der Waals surface area contributed by atoms with Gasteiger partial charge in [-0.1, -0.05) is 18.2 Å². The molecule has 3 N–H and O–H groups in total. The highest BCUT2D eigenvalue weighted by atomic mass is 16.4. The number of pyridine rings is 1. The first-order valence-electron chi connectivity index (χ1n) is 6.90. The van der Waals surface area contributed by atoms with Gasteiger partial charge in [-0.05, 0) is 50.4 Å². The molecule has 0 saturated heterocycles. The monoisotopic (exact) mass is 272 g/mol. The normalized spacial score (nSPS) is 12.5. The van der Waals surface area contributed by atoms with E-state index >= 15 is 0 Å². The second kappa shape index (κ2) is 6.48. The Morgan fingerprint density at radius 2 is 2.15 bits per heavy atom. The van der Waals surface area contributed by atoms with E-state index in [1.165, 1.54) is 0 Å². The SMILES string of the molecule is Cc1cc(CC(CCCN)C(=O)O)c2ccccc2n1. The van der Waals surface area contributed by atoms with E-state index in [1.807, 2.05) is 37.3 Å². The number of hydrogen-bond donors (Lipinski definition) is 2. The number of carboxylic acid groups (broad SMARTS) is 1. The molecule has 1 unspecified atom stereocenters. The zero-order chi connectivity index (χ0) is 14.5. The van der Waals surface area contributed by atoms with Gasteiger partial charge < -0.3 is 10.8 Å². The molecule has 0 amide bonds. The Bertz CT molecular complexity index is 610. The topological polar surface area (TPSA) is 76.2 Å². The molecule has 0 fully saturated rings. The van der Waals surface area contributed by atoms with Crippen molar-refractivity contribution in [1.82, 2.24) is 4.98 Å². The summed E-state index contributed by atoms with van der Waals surface area (Å²) >= 11 is 0. The number of carbonyl (C=O) groups is 1. The second-order valence-corrected chi connectivity index (χ2v) is 5.11. The fourth-order valence-corrected chi connectivity index (χ4v) is 2.51. The predicted octanol–water partition coefficient (Wildman–Crippen LogP) is 2.53. The summed E-state index contributed by atoms with van der Waals surface area (Å²) in [6, 6.07) is 9.85. The van der Waals surface area contributed by atoms with Crippen LogP contribution in [0.4, 0.5) is 0 Å². The zero-order valence-electron chi connectivity index (χ0n) is 11.7. The van der Waals surface area contributed by atoms with Gasteiger partial charge in [0.05, 0.1) is 11.4 Å². The number of hydrogen-bond acceptors (Lipinski definition) is 3. The van der Waals surface area contributed by atoms with E-state index in [2.05, 4.69) is 4.98 Å². The van der Waals surface area contributed by atoms with E-state index in [0.29, 0.717) is 19.4 Å². The minimum Gasteiger partial charge on any atom is -0.481 e. The lowest BCUT2D eigenvalue weighted by atomic mass is 9.92. The molecular formula is C16H20N2O2. The molecule has 1 aromatic heterocycles. The lowest BCUT2D eigenvalue weighted by Gasteiger charge is -2.14. The summed E-state index contributed by atoms with van der Waals surface area (Å²) in [6.07, 6.45) is 1.87. The minimum absolute atomic E-state index is 0.385. The smallest absolute Gasteiger partial charge is 0.306 e. The largest absolute Gasteiger partial charge is 0.481 e. The van der Waals surface area contributed by atoms with Crippen LogP contribution in [0.15, 0.2) is 30.3 Å². The van der Waals surface area contributed by atoms with Gasteiger partial charge in [-0.3, -0.25) is 9.78 Å². The quantitative estimate of drug-likeness (QED) is 0.847. The highest BCUT2D eigenvalue weighted by Crippen LogP contribution is 2.23. The number of benzene rings is 1. The lowest BCUT2D eigenvalue weighted by Crippen LogP contribution is -2.18. The summed E-state index contributed by atoms with van der Waals surface area (Å²) in [6.45, 7) is 2.46. The summed E-state index contributed by atoms with van der Waals surface area (Å²) in [5, 5.41) is 10.4. The van der Waals surface area contributed by atoms with Crippen LogP contribution in [0.1, 0.15) is 24.1 Å². The van der Waals surface area contributed by atoms with Crippen molar-refractivity contribution in [3.63, 3.8) is 0 Å². The van der Waals surface area contributed by atoms with Crippen LogP contribution < -0.4 is 5.73 Å². The minimum atomic E-state index is -0.753. The van der Waals surface area contributed by atoms with Crippen LogP contribution in [-0.2, 0) is 11.2 Å². The molecule has 0 spiro atoms. The van der Waals surface area contributed by atoms with Crippen molar-refractivity contribution in [1.29, 1.82) is 0 Å². The van der Waals surface area contributed by atoms with Crippen molar-refractivity contribution in [2.45, 2.75) is 26.2 Å². The molecule has 20 heavy (non-hydrogen) atoms. The fraction of sp³-hybridized carbons (Fsp3) is 0.375. The Labute approximate surface area is 118 Å². The molecule has 0 bridgehead atoms. The van der Waals surface area contributed by atoms with Crippen molar-refractivity contribution in [2.24, 2.45) is 11.7 Å². The summed E-state index contributed by atoms with van der Waals surface area (Å²) in [5.41, 5.74) is 8.38. The van der Waals surface area contributed by atoms with Gasteiger partial charge in [0.25, 0.3) is 0 Å². The van der Waals surface area contributed by atoms with E-state index in [1.54, 1.807) is 0 Å². The van der Waals surface area contributed by atoms with Crippen molar-refractivity contribution >= 4 is 16.9 Å². The van der Waals surface area contributed by atoms with Gasteiger partial charge in [0.1, 0.15) is 0 Å². The number of fused-ring (bicyclic) bond motifs is 1. The maximum atomic E-state index is 11.4. The number of para-hydroxylation sites is 1. The fourth-order valence-electron chi connectivity index (χ4n) is 2.51. The maximum absolute atomic E-state index is 11.4. The van der Waals surface area contributed by atoms with E-state index < -0.39 is 5.97 Å². The van der Waals surface area contributed by atoms with Gasteiger partial charge in [0, 0.05) is 11.1 Å². The molecule has 0 saturated carbocycles. The average molecular weight is 272 g/mol. The molecule has 0 aliphatic rings. The van der Waals surface area contributed by atoms with Gasteiger partial charge in [-0.25, -0.2) is 0 Å².